The highest BCUT2D eigenvalue weighted by Crippen LogP contribution is 2.24. The van der Waals surface area contributed by atoms with Crippen LogP contribution in [0.5, 0.6) is 0 Å². The molecule has 0 heterocycles. The molecule has 0 aliphatic heterocycles. The quantitative estimate of drug-likeness (QED) is 0.455. The Labute approximate surface area is 126 Å². The van der Waals surface area contributed by atoms with E-state index >= 15 is 0 Å². The summed E-state index contributed by atoms with van der Waals surface area (Å²) in [5, 5.41) is 7.00. The van der Waals surface area contributed by atoms with Gasteiger partial charge in [0.2, 0.25) is 0 Å². The monoisotopic (exact) mass is 292 g/mol. The number of benzene rings is 1. The molecule has 3 nitrogen and oxygen atoms in total. The smallest absolute Gasteiger partial charge is 0.0484 e. The molecule has 110 valence electrons. The first kappa shape index (κ1) is 16.9. The van der Waals surface area contributed by atoms with Crippen LogP contribution in [-0.2, 0) is 0 Å². The van der Waals surface area contributed by atoms with Gasteiger partial charge in [-0.2, -0.15) is 0 Å². The third-order valence-corrected chi connectivity index (χ3v) is 4.17. The van der Waals surface area contributed by atoms with Crippen molar-refractivity contribution in [3.05, 3.63) is 23.8 Å². The highest BCUT2D eigenvalue weighted by atomic mass is 32.2. The van der Waals surface area contributed by atoms with Gasteiger partial charge >= 0.3 is 0 Å². The molecule has 0 atom stereocenters. The first-order valence-corrected chi connectivity index (χ1v) is 7.80. The molecule has 1 aliphatic rings. The van der Waals surface area contributed by atoms with Crippen LogP contribution in [0.25, 0.3) is 0 Å². The van der Waals surface area contributed by atoms with Gasteiger partial charge in [-0.15, -0.1) is 5.92 Å². The molecule has 1 fully saturated rings. The Morgan fingerprint density at radius 2 is 1.95 bits per heavy atom. The maximum Gasteiger partial charge on any atom is 0.0484 e. The Balaban J connectivity index is 0.000000956. The van der Waals surface area contributed by atoms with Crippen molar-refractivity contribution < 1.29 is 5.11 Å². The molecule has 4 N–H and O–H groups in total. The molecule has 1 aliphatic carbocycles. The maximum atomic E-state index is 7.00. The summed E-state index contributed by atoms with van der Waals surface area (Å²) < 4.78 is 3.54. The van der Waals surface area contributed by atoms with Crippen molar-refractivity contribution in [2.75, 3.05) is 12.8 Å². The van der Waals surface area contributed by atoms with Crippen LogP contribution in [-0.4, -0.2) is 18.3 Å². The summed E-state index contributed by atoms with van der Waals surface area (Å²) in [6.07, 6.45) is 6.68. The van der Waals surface area contributed by atoms with E-state index in [0.717, 1.165) is 18.4 Å². The second kappa shape index (κ2) is 9.71. The van der Waals surface area contributed by atoms with Crippen molar-refractivity contribution in [1.82, 2.24) is 4.72 Å². The lowest BCUT2D eigenvalue weighted by Gasteiger charge is -2.22. The van der Waals surface area contributed by atoms with Gasteiger partial charge in [0.25, 0.3) is 0 Å². The van der Waals surface area contributed by atoms with Gasteiger partial charge in [-0.05, 0) is 49.9 Å². The number of aliphatic hydroxyl groups is 1. The van der Waals surface area contributed by atoms with E-state index in [4.69, 9.17) is 10.8 Å². The number of nitrogen functional groups attached to an aromatic ring is 1. The zero-order valence-electron chi connectivity index (χ0n) is 12.3. The van der Waals surface area contributed by atoms with Gasteiger partial charge in [0.15, 0.2) is 0 Å². The zero-order valence-corrected chi connectivity index (χ0v) is 13.1. The van der Waals surface area contributed by atoms with E-state index in [1.807, 2.05) is 19.1 Å². The van der Waals surface area contributed by atoms with E-state index in [0.29, 0.717) is 6.04 Å². The summed E-state index contributed by atoms with van der Waals surface area (Å²) in [5.74, 6) is 5.88. The average Bonchev–Trinajstić information content (AvgIpc) is 2.51. The number of anilines is 1. The molecule has 0 saturated heterocycles. The molecular formula is C16H24N2OS. The summed E-state index contributed by atoms with van der Waals surface area (Å²) in [7, 11) is 1.00. The normalized spacial score (nSPS) is 14.8. The maximum absolute atomic E-state index is 7.00. The van der Waals surface area contributed by atoms with Gasteiger partial charge in [-0.25, -0.2) is 0 Å². The fourth-order valence-corrected chi connectivity index (χ4v) is 3.09. The minimum absolute atomic E-state index is 0.653. The molecule has 1 aromatic rings. The molecule has 2 rings (SSSR count). The standard InChI is InChI=1S/C15H20N2S.CH4O/c1-2-6-12-9-10-14(11-15(12)16)18-17-13-7-4-3-5-8-13;1-2/h9-11,13,17H,3-5,7-8,16H2,1H3;2H,1H3. The van der Waals surface area contributed by atoms with E-state index in [1.165, 1.54) is 37.0 Å². The van der Waals surface area contributed by atoms with Crippen molar-refractivity contribution in [1.29, 1.82) is 0 Å². The van der Waals surface area contributed by atoms with Gasteiger partial charge in [-0.1, -0.05) is 25.2 Å². The van der Waals surface area contributed by atoms with Crippen molar-refractivity contribution in [2.45, 2.75) is 50.0 Å². The largest absolute Gasteiger partial charge is 0.400 e. The topological polar surface area (TPSA) is 58.3 Å². The van der Waals surface area contributed by atoms with E-state index in [9.17, 15) is 0 Å². The molecule has 0 bridgehead atoms. The van der Waals surface area contributed by atoms with Crippen LogP contribution in [0.2, 0.25) is 0 Å². The van der Waals surface area contributed by atoms with E-state index in [-0.39, 0.29) is 0 Å². The van der Waals surface area contributed by atoms with Gasteiger partial charge < -0.3 is 10.8 Å². The van der Waals surface area contributed by atoms with Gasteiger partial charge in [-0.3, -0.25) is 4.72 Å². The Hall–Kier alpha value is -1.15. The first-order chi connectivity index (χ1) is 9.79. The molecule has 1 saturated carbocycles. The van der Waals surface area contributed by atoms with E-state index in [2.05, 4.69) is 22.6 Å². The predicted octanol–water partition coefficient (Wildman–Crippen LogP) is 3.18. The van der Waals surface area contributed by atoms with Gasteiger partial charge in [0.1, 0.15) is 0 Å². The van der Waals surface area contributed by atoms with Gasteiger partial charge in [0.05, 0.1) is 0 Å². The summed E-state index contributed by atoms with van der Waals surface area (Å²) >= 11 is 1.69. The minimum atomic E-state index is 0.653. The second-order valence-corrected chi connectivity index (χ2v) is 5.59. The average molecular weight is 292 g/mol. The molecular weight excluding hydrogens is 268 g/mol. The van der Waals surface area contributed by atoms with Crippen molar-refractivity contribution in [2.24, 2.45) is 0 Å². The third kappa shape index (κ3) is 5.46. The zero-order chi connectivity index (χ0) is 14.8. The summed E-state index contributed by atoms with van der Waals surface area (Å²) in [6.45, 7) is 1.83. The van der Waals surface area contributed by atoms with Crippen LogP contribution >= 0.6 is 11.9 Å². The van der Waals surface area contributed by atoms with Crippen molar-refractivity contribution >= 4 is 17.6 Å². The molecule has 0 unspecified atom stereocenters. The molecule has 4 heteroatoms. The molecule has 0 amide bonds. The lowest BCUT2D eigenvalue weighted by Crippen LogP contribution is -2.25. The minimum Gasteiger partial charge on any atom is -0.400 e. The predicted molar refractivity (Wildman–Crippen MR) is 87.4 cm³/mol. The molecule has 20 heavy (non-hydrogen) atoms. The molecule has 0 spiro atoms. The second-order valence-electron chi connectivity index (χ2n) is 4.68. The molecule has 0 radical (unpaired) electrons. The lowest BCUT2D eigenvalue weighted by molar-refractivity contribution is 0.399. The van der Waals surface area contributed by atoms with Gasteiger partial charge in [0, 0.05) is 29.3 Å². The summed E-state index contributed by atoms with van der Waals surface area (Å²) in [6, 6.07) is 6.73. The Morgan fingerprint density at radius 1 is 1.25 bits per heavy atom. The Bertz CT molecular complexity index is 459. The van der Waals surface area contributed by atoms with Crippen LogP contribution in [0, 0.1) is 11.8 Å². The highest BCUT2D eigenvalue weighted by molar-refractivity contribution is 7.97. The van der Waals surface area contributed by atoms with Crippen LogP contribution < -0.4 is 10.5 Å². The summed E-state index contributed by atoms with van der Waals surface area (Å²) in [4.78, 5) is 1.17. The van der Waals surface area contributed by atoms with E-state index in [1.54, 1.807) is 11.9 Å². The molecule has 0 aromatic heterocycles. The van der Waals surface area contributed by atoms with E-state index < -0.39 is 0 Å². The first-order valence-electron chi connectivity index (χ1n) is 6.99. The Kier molecular flexibility index (Phi) is 8.20. The van der Waals surface area contributed by atoms with Crippen LogP contribution in [0.3, 0.4) is 0 Å². The third-order valence-electron chi connectivity index (χ3n) is 3.23. The Morgan fingerprint density at radius 3 is 2.55 bits per heavy atom. The number of aliphatic hydroxyl groups excluding tert-OH is 1. The number of nitrogens with two attached hydrogens (primary N) is 1. The number of hydrogen-bond donors (Lipinski definition) is 3. The van der Waals surface area contributed by atoms with Crippen LogP contribution in [0.4, 0.5) is 5.69 Å². The number of rotatable bonds is 3. The van der Waals surface area contributed by atoms with Crippen LogP contribution in [0.1, 0.15) is 44.6 Å². The highest BCUT2D eigenvalue weighted by Gasteiger charge is 2.12. The number of hydrogen-bond acceptors (Lipinski definition) is 4. The van der Waals surface area contributed by atoms with Crippen molar-refractivity contribution in [3.8, 4) is 11.8 Å². The summed E-state index contributed by atoms with van der Waals surface area (Å²) in [5.41, 5.74) is 7.65. The fourth-order valence-electron chi connectivity index (χ4n) is 2.22. The molecule has 1 aromatic carbocycles. The lowest BCUT2D eigenvalue weighted by atomic mass is 9.96. The van der Waals surface area contributed by atoms with Crippen LogP contribution in [0.15, 0.2) is 23.1 Å². The van der Waals surface area contributed by atoms with Crippen molar-refractivity contribution in [3.63, 3.8) is 0 Å². The fraction of sp³-hybridized carbons (Fsp3) is 0.500. The SMILES string of the molecule is CC#Cc1ccc(SNC2CCCCC2)cc1N.CO. The number of nitrogens with one attached hydrogen (secondary N) is 1.